The molecule has 0 fully saturated rings. The van der Waals surface area contributed by atoms with E-state index in [0.29, 0.717) is 22.3 Å². The number of carbonyl (C=O) groups excluding carboxylic acids is 1. The summed E-state index contributed by atoms with van der Waals surface area (Å²) in [6.07, 6.45) is -1.78. The van der Waals surface area contributed by atoms with Gasteiger partial charge in [-0.05, 0) is 39.7 Å². The summed E-state index contributed by atoms with van der Waals surface area (Å²) in [7, 11) is 1.56. The van der Waals surface area contributed by atoms with Crippen LogP contribution in [-0.4, -0.2) is 42.2 Å². The first-order valence-electron chi connectivity index (χ1n) is 11.1. The average Bonchev–Trinajstić information content (AvgIpc) is 3.44. The minimum Gasteiger partial charge on any atom is -0.336 e. The number of hydrogen-bond donors (Lipinski definition) is 0. The van der Waals surface area contributed by atoms with E-state index >= 15 is 0 Å². The highest BCUT2D eigenvalue weighted by Gasteiger charge is 2.36. The van der Waals surface area contributed by atoms with Gasteiger partial charge in [0.15, 0.2) is 11.3 Å². The molecule has 0 aliphatic rings. The first kappa shape index (κ1) is 24.0. The molecule has 0 bridgehead atoms. The van der Waals surface area contributed by atoms with Gasteiger partial charge in [-0.2, -0.15) is 23.4 Å². The third-order valence-corrected chi connectivity index (χ3v) is 6.57. The van der Waals surface area contributed by atoms with Crippen molar-refractivity contribution in [3.63, 3.8) is 0 Å². The smallest absolute Gasteiger partial charge is 0.336 e. The quantitative estimate of drug-likeness (QED) is 0.273. The molecule has 0 N–H and O–H groups in total. The summed E-state index contributed by atoms with van der Waals surface area (Å²) >= 11 is 3.44. The van der Waals surface area contributed by atoms with Gasteiger partial charge < -0.3 is 4.90 Å². The number of aromatic nitrogens is 5. The van der Waals surface area contributed by atoms with Crippen LogP contribution in [0.5, 0.6) is 0 Å². The van der Waals surface area contributed by atoms with Crippen molar-refractivity contribution in [3.8, 4) is 11.3 Å². The topological polar surface area (TPSA) is 68.3 Å². The number of alkyl halides is 3. The Morgan fingerprint density at radius 2 is 1.89 bits per heavy atom. The number of hydrogen-bond acceptors (Lipinski definition) is 4. The zero-order valence-electron chi connectivity index (χ0n) is 19.3. The molecular weight excluding hydrogens is 537 g/mol. The largest absolute Gasteiger partial charge is 0.433 e. The highest BCUT2D eigenvalue weighted by molar-refractivity contribution is 9.10. The van der Waals surface area contributed by atoms with Gasteiger partial charge in [0.05, 0.1) is 28.6 Å². The fraction of sp³-hybridized carbons (Fsp3) is 0.200. The second kappa shape index (κ2) is 9.05. The van der Waals surface area contributed by atoms with E-state index in [0.717, 1.165) is 27.5 Å². The van der Waals surface area contributed by atoms with Gasteiger partial charge >= 0.3 is 6.18 Å². The molecule has 2 aromatic carbocycles. The lowest BCUT2D eigenvalue weighted by Gasteiger charge is -2.16. The van der Waals surface area contributed by atoms with Crippen LogP contribution in [0.1, 0.15) is 28.7 Å². The summed E-state index contributed by atoms with van der Waals surface area (Å²) < 4.78 is 45.3. The van der Waals surface area contributed by atoms with Crippen LogP contribution in [0.25, 0.3) is 27.7 Å². The van der Waals surface area contributed by atoms with E-state index in [-0.39, 0.29) is 23.4 Å². The number of rotatable bonds is 5. The fourth-order valence-electron chi connectivity index (χ4n) is 4.11. The Hall–Kier alpha value is -3.73. The predicted octanol–water partition coefficient (Wildman–Crippen LogP) is 5.82. The molecule has 3 heterocycles. The monoisotopic (exact) mass is 556 g/mol. The van der Waals surface area contributed by atoms with E-state index in [1.165, 1.54) is 4.90 Å². The Kier molecular flexibility index (Phi) is 6.03. The molecule has 0 aliphatic carbocycles. The summed E-state index contributed by atoms with van der Waals surface area (Å²) in [6.45, 7) is 2.75. The van der Waals surface area contributed by atoms with E-state index in [9.17, 15) is 18.0 Å². The fourth-order valence-corrected chi connectivity index (χ4v) is 4.55. The van der Waals surface area contributed by atoms with E-state index in [2.05, 4.69) is 31.1 Å². The Bertz CT molecular complexity index is 1600. The normalized spacial score (nSPS) is 11.9. The van der Waals surface area contributed by atoms with Crippen LogP contribution in [0.2, 0.25) is 0 Å². The Morgan fingerprint density at radius 1 is 1.14 bits per heavy atom. The molecule has 0 spiro atoms. The Labute approximate surface area is 212 Å². The van der Waals surface area contributed by atoms with Crippen molar-refractivity contribution in [1.29, 1.82) is 0 Å². The predicted molar refractivity (Wildman–Crippen MR) is 132 cm³/mol. The summed E-state index contributed by atoms with van der Waals surface area (Å²) in [5.74, 6) is -0.515. The molecule has 3 aromatic heterocycles. The third-order valence-electron chi connectivity index (χ3n) is 5.90. The lowest BCUT2D eigenvalue weighted by molar-refractivity contribution is -0.142. The number of fused-ring (bicyclic) bond motifs is 2. The van der Waals surface area contributed by atoms with Gasteiger partial charge in [0.2, 0.25) is 0 Å². The number of carbonyl (C=O) groups is 1. The van der Waals surface area contributed by atoms with E-state index < -0.39 is 17.8 Å². The van der Waals surface area contributed by atoms with Crippen LogP contribution in [0.4, 0.5) is 13.2 Å². The number of halogens is 4. The summed E-state index contributed by atoms with van der Waals surface area (Å²) in [5.41, 5.74) is 0.0568. The molecule has 0 aliphatic heterocycles. The van der Waals surface area contributed by atoms with Crippen molar-refractivity contribution < 1.29 is 18.0 Å². The average molecular weight is 557 g/mol. The Morgan fingerprint density at radius 3 is 2.61 bits per heavy atom. The zero-order valence-corrected chi connectivity index (χ0v) is 20.9. The third kappa shape index (κ3) is 4.23. The molecule has 5 aromatic rings. The van der Waals surface area contributed by atoms with Gasteiger partial charge in [-0.15, -0.1) is 0 Å². The molecule has 0 atom stereocenters. The molecule has 1 amide bonds. The maximum Gasteiger partial charge on any atom is 0.433 e. The van der Waals surface area contributed by atoms with Gasteiger partial charge in [0.1, 0.15) is 5.56 Å². The van der Waals surface area contributed by atoms with Crippen LogP contribution in [0.3, 0.4) is 0 Å². The van der Waals surface area contributed by atoms with Crippen LogP contribution in [0.15, 0.2) is 65.4 Å². The molecule has 11 heteroatoms. The molecule has 0 saturated carbocycles. The number of aryl methyl sites for hydroxylation is 1. The molecule has 36 heavy (non-hydrogen) atoms. The standard InChI is InChI=1S/C25H20BrF3N6O/c1-3-34-13-19(26)21(32-34)14-33(2)24(36)18-12-30-35-22(25(27,28)29)11-20(31-23(18)35)17-10-6-8-15-7-4-5-9-16(15)17/h4-13H,3,14H2,1-2H3. The summed E-state index contributed by atoms with van der Waals surface area (Å²) in [4.78, 5) is 19.2. The molecule has 0 saturated heterocycles. The minimum absolute atomic E-state index is 0.0314. The lowest BCUT2D eigenvalue weighted by Crippen LogP contribution is -2.27. The summed E-state index contributed by atoms with van der Waals surface area (Å²) in [5, 5.41) is 9.92. The van der Waals surface area contributed by atoms with Crippen LogP contribution in [-0.2, 0) is 19.3 Å². The molecule has 0 radical (unpaired) electrons. The molecule has 0 unspecified atom stereocenters. The van der Waals surface area contributed by atoms with Crippen molar-refractivity contribution in [1.82, 2.24) is 29.3 Å². The van der Waals surface area contributed by atoms with Crippen LogP contribution >= 0.6 is 15.9 Å². The van der Waals surface area contributed by atoms with E-state index in [1.54, 1.807) is 30.1 Å². The van der Waals surface area contributed by atoms with Gasteiger partial charge in [-0.3, -0.25) is 9.48 Å². The minimum atomic E-state index is -4.71. The molecule has 7 nitrogen and oxygen atoms in total. The zero-order chi connectivity index (χ0) is 25.6. The number of amides is 1. The highest BCUT2D eigenvalue weighted by Crippen LogP contribution is 2.35. The lowest BCUT2D eigenvalue weighted by atomic mass is 10.0. The van der Waals surface area contributed by atoms with Crippen molar-refractivity contribution in [2.75, 3.05) is 7.05 Å². The van der Waals surface area contributed by atoms with Gasteiger partial charge in [-0.1, -0.05) is 42.5 Å². The van der Waals surface area contributed by atoms with Crippen LogP contribution in [0, 0.1) is 0 Å². The van der Waals surface area contributed by atoms with Crippen molar-refractivity contribution in [3.05, 3.63) is 82.3 Å². The molecule has 5 rings (SSSR count). The molecular formula is C25H20BrF3N6O. The number of benzene rings is 2. The van der Waals surface area contributed by atoms with Gasteiger partial charge in [0, 0.05) is 25.4 Å². The first-order chi connectivity index (χ1) is 17.2. The second-order valence-corrected chi connectivity index (χ2v) is 9.14. The summed E-state index contributed by atoms with van der Waals surface area (Å²) in [6, 6.07) is 13.7. The van der Waals surface area contributed by atoms with Crippen molar-refractivity contribution in [2.45, 2.75) is 26.2 Å². The Balaban J connectivity index is 1.63. The van der Waals surface area contributed by atoms with Crippen molar-refractivity contribution in [2.24, 2.45) is 0 Å². The number of nitrogens with zero attached hydrogens (tertiary/aromatic N) is 6. The van der Waals surface area contributed by atoms with Gasteiger partial charge in [0.25, 0.3) is 5.91 Å². The highest BCUT2D eigenvalue weighted by atomic mass is 79.9. The maximum absolute atomic E-state index is 14.1. The van der Waals surface area contributed by atoms with Crippen molar-refractivity contribution >= 4 is 38.3 Å². The van der Waals surface area contributed by atoms with Gasteiger partial charge in [-0.25, -0.2) is 9.50 Å². The van der Waals surface area contributed by atoms with E-state index in [1.807, 2.05) is 37.3 Å². The molecule has 184 valence electrons. The first-order valence-corrected chi connectivity index (χ1v) is 11.9. The van der Waals surface area contributed by atoms with Crippen LogP contribution < -0.4 is 0 Å². The second-order valence-electron chi connectivity index (χ2n) is 8.29. The van der Waals surface area contributed by atoms with E-state index in [4.69, 9.17) is 0 Å². The maximum atomic E-state index is 14.1. The SMILES string of the molecule is CCn1cc(Br)c(CN(C)C(=O)c2cnn3c(C(F)(F)F)cc(-c4cccc5ccccc45)nc23)n1.